The molecule has 0 saturated heterocycles. The van der Waals surface area contributed by atoms with E-state index < -0.39 is 0 Å². The smallest absolute Gasteiger partial charge is 0.233 e. The summed E-state index contributed by atoms with van der Waals surface area (Å²) in [7, 11) is 0. The molecule has 114 valence electrons. The SMILES string of the molecule is CC(C)CCN(CCC(C)C)C(=O)CSc1nncs1. The topological polar surface area (TPSA) is 46.1 Å². The second-order valence-electron chi connectivity index (χ2n) is 5.74. The van der Waals surface area contributed by atoms with Crippen LogP contribution in [-0.4, -0.2) is 39.8 Å². The van der Waals surface area contributed by atoms with Crippen LogP contribution in [0, 0.1) is 11.8 Å². The third-order valence-corrected chi connectivity index (χ3v) is 4.81. The highest BCUT2D eigenvalue weighted by molar-refractivity contribution is 8.01. The highest BCUT2D eigenvalue weighted by atomic mass is 32.2. The summed E-state index contributed by atoms with van der Waals surface area (Å²) in [5, 5.41) is 7.74. The van der Waals surface area contributed by atoms with E-state index in [1.54, 1.807) is 5.51 Å². The molecule has 1 rings (SSSR count). The third-order valence-electron chi connectivity index (χ3n) is 2.96. The zero-order valence-corrected chi connectivity index (χ0v) is 14.5. The molecule has 0 radical (unpaired) electrons. The van der Waals surface area contributed by atoms with Crippen LogP contribution in [-0.2, 0) is 4.79 Å². The molecule has 0 bridgehead atoms. The van der Waals surface area contributed by atoms with E-state index in [1.165, 1.54) is 23.1 Å². The van der Waals surface area contributed by atoms with Gasteiger partial charge in [-0.15, -0.1) is 10.2 Å². The molecule has 4 nitrogen and oxygen atoms in total. The van der Waals surface area contributed by atoms with Gasteiger partial charge in [-0.2, -0.15) is 0 Å². The summed E-state index contributed by atoms with van der Waals surface area (Å²) in [5.74, 6) is 1.93. The number of hydrogen-bond donors (Lipinski definition) is 0. The lowest BCUT2D eigenvalue weighted by molar-refractivity contribution is -0.128. The van der Waals surface area contributed by atoms with Gasteiger partial charge in [-0.05, 0) is 24.7 Å². The van der Waals surface area contributed by atoms with Crippen molar-refractivity contribution in [2.75, 3.05) is 18.8 Å². The summed E-state index contributed by atoms with van der Waals surface area (Å²) in [4.78, 5) is 14.3. The van der Waals surface area contributed by atoms with Crippen molar-refractivity contribution in [2.45, 2.75) is 44.9 Å². The average molecular weight is 316 g/mol. The average Bonchev–Trinajstić information content (AvgIpc) is 2.88. The Morgan fingerprint density at radius 1 is 1.25 bits per heavy atom. The lowest BCUT2D eigenvalue weighted by atomic mass is 10.1. The molecular formula is C14H25N3OS2. The van der Waals surface area contributed by atoms with Gasteiger partial charge in [0.05, 0.1) is 5.75 Å². The molecule has 0 aliphatic carbocycles. The van der Waals surface area contributed by atoms with Crippen molar-refractivity contribution in [1.82, 2.24) is 15.1 Å². The van der Waals surface area contributed by atoms with Crippen LogP contribution < -0.4 is 0 Å². The molecule has 0 spiro atoms. The van der Waals surface area contributed by atoms with Crippen molar-refractivity contribution in [2.24, 2.45) is 11.8 Å². The maximum Gasteiger partial charge on any atom is 0.233 e. The molecule has 6 heteroatoms. The van der Waals surface area contributed by atoms with E-state index in [9.17, 15) is 4.79 Å². The van der Waals surface area contributed by atoms with E-state index in [1.807, 2.05) is 4.90 Å². The zero-order chi connectivity index (χ0) is 15.0. The summed E-state index contributed by atoms with van der Waals surface area (Å²) in [6, 6.07) is 0. The molecule has 0 aliphatic rings. The first kappa shape index (κ1) is 17.4. The molecule has 0 fully saturated rings. The van der Waals surface area contributed by atoms with Gasteiger partial charge in [-0.3, -0.25) is 4.79 Å². The van der Waals surface area contributed by atoms with Crippen LogP contribution in [0.5, 0.6) is 0 Å². The van der Waals surface area contributed by atoms with Gasteiger partial charge in [-0.1, -0.05) is 50.8 Å². The molecule has 0 aliphatic heterocycles. The molecule has 0 unspecified atom stereocenters. The Bertz CT molecular complexity index is 368. The fourth-order valence-corrected chi connectivity index (χ4v) is 3.02. The van der Waals surface area contributed by atoms with Crippen LogP contribution in [0.15, 0.2) is 9.85 Å². The monoisotopic (exact) mass is 315 g/mol. The van der Waals surface area contributed by atoms with Crippen LogP contribution >= 0.6 is 23.1 Å². The highest BCUT2D eigenvalue weighted by Gasteiger charge is 2.15. The van der Waals surface area contributed by atoms with Crippen molar-refractivity contribution in [1.29, 1.82) is 0 Å². The molecule has 1 aromatic heterocycles. The maximum atomic E-state index is 12.3. The first-order valence-electron chi connectivity index (χ1n) is 7.15. The minimum Gasteiger partial charge on any atom is -0.342 e. The summed E-state index contributed by atoms with van der Waals surface area (Å²) in [6.45, 7) is 10.5. The first-order chi connectivity index (χ1) is 9.49. The normalized spacial score (nSPS) is 11.3. The Hall–Kier alpha value is -0.620. The number of carbonyl (C=O) groups excluding carboxylic acids is 1. The number of rotatable bonds is 9. The minimum atomic E-state index is 0.214. The van der Waals surface area contributed by atoms with Crippen molar-refractivity contribution < 1.29 is 4.79 Å². The lowest BCUT2D eigenvalue weighted by Crippen LogP contribution is -2.35. The predicted molar refractivity (Wildman–Crippen MR) is 86.1 cm³/mol. The van der Waals surface area contributed by atoms with Crippen molar-refractivity contribution in [3.8, 4) is 0 Å². The third kappa shape index (κ3) is 7.24. The summed E-state index contributed by atoms with van der Waals surface area (Å²) in [6.07, 6.45) is 2.13. The molecular weight excluding hydrogens is 290 g/mol. The van der Waals surface area contributed by atoms with Gasteiger partial charge < -0.3 is 4.90 Å². The number of carbonyl (C=O) groups is 1. The summed E-state index contributed by atoms with van der Waals surface area (Å²) in [5.41, 5.74) is 1.70. The largest absolute Gasteiger partial charge is 0.342 e. The number of amides is 1. The van der Waals surface area contributed by atoms with Crippen LogP contribution in [0.1, 0.15) is 40.5 Å². The standard InChI is InChI=1S/C14H25N3OS2/c1-11(2)5-7-17(8-6-12(3)4)13(18)9-19-14-16-15-10-20-14/h10-12H,5-9H2,1-4H3. The van der Waals surface area contributed by atoms with Crippen LogP contribution in [0.25, 0.3) is 0 Å². The number of thioether (sulfide) groups is 1. The van der Waals surface area contributed by atoms with Crippen molar-refractivity contribution in [3.05, 3.63) is 5.51 Å². The molecule has 1 aromatic rings. The van der Waals surface area contributed by atoms with Gasteiger partial charge in [-0.25, -0.2) is 0 Å². The van der Waals surface area contributed by atoms with E-state index in [0.717, 1.165) is 30.3 Å². The number of nitrogens with zero attached hydrogens (tertiary/aromatic N) is 3. The van der Waals surface area contributed by atoms with Gasteiger partial charge in [0.1, 0.15) is 5.51 Å². The Morgan fingerprint density at radius 2 is 1.85 bits per heavy atom. The predicted octanol–water partition coefficient (Wildman–Crippen LogP) is 3.55. The fraction of sp³-hybridized carbons (Fsp3) is 0.786. The van der Waals surface area contributed by atoms with Crippen LogP contribution in [0.3, 0.4) is 0 Å². The van der Waals surface area contributed by atoms with E-state index in [4.69, 9.17) is 0 Å². The molecule has 1 heterocycles. The quantitative estimate of drug-likeness (QED) is 0.654. The van der Waals surface area contributed by atoms with Crippen LogP contribution in [0.4, 0.5) is 0 Å². The van der Waals surface area contributed by atoms with Gasteiger partial charge in [0.2, 0.25) is 5.91 Å². The Balaban J connectivity index is 2.44. The molecule has 20 heavy (non-hydrogen) atoms. The first-order valence-corrected chi connectivity index (χ1v) is 9.02. The van der Waals surface area contributed by atoms with Crippen LogP contribution in [0.2, 0.25) is 0 Å². The molecule has 0 saturated carbocycles. The lowest BCUT2D eigenvalue weighted by Gasteiger charge is -2.24. The second-order valence-corrected chi connectivity index (χ2v) is 7.79. The van der Waals surface area contributed by atoms with E-state index in [2.05, 4.69) is 37.9 Å². The molecule has 0 atom stereocenters. The molecule has 0 aromatic carbocycles. The number of aromatic nitrogens is 2. The molecule has 0 N–H and O–H groups in total. The zero-order valence-electron chi connectivity index (χ0n) is 12.8. The van der Waals surface area contributed by atoms with E-state index in [0.29, 0.717) is 17.6 Å². The number of hydrogen-bond acceptors (Lipinski definition) is 5. The Morgan fingerprint density at radius 3 is 2.30 bits per heavy atom. The minimum absolute atomic E-state index is 0.214. The fourth-order valence-electron chi connectivity index (χ4n) is 1.63. The van der Waals surface area contributed by atoms with E-state index in [-0.39, 0.29) is 5.91 Å². The van der Waals surface area contributed by atoms with Gasteiger partial charge in [0, 0.05) is 13.1 Å². The highest BCUT2D eigenvalue weighted by Crippen LogP contribution is 2.19. The summed E-state index contributed by atoms with van der Waals surface area (Å²) >= 11 is 2.97. The van der Waals surface area contributed by atoms with Crippen molar-refractivity contribution >= 4 is 29.0 Å². The maximum absolute atomic E-state index is 12.3. The molecule has 1 amide bonds. The Labute approximate surface area is 130 Å². The van der Waals surface area contributed by atoms with E-state index >= 15 is 0 Å². The summed E-state index contributed by atoms with van der Waals surface area (Å²) < 4.78 is 0.867. The Kier molecular flexibility index (Phi) is 8.14. The second kappa shape index (κ2) is 9.34. The van der Waals surface area contributed by atoms with Crippen molar-refractivity contribution in [3.63, 3.8) is 0 Å². The van der Waals surface area contributed by atoms with Gasteiger partial charge >= 0.3 is 0 Å². The van der Waals surface area contributed by atoms with Gasteiger partial charge in [0.25, 0.3) is 0 Å². The van der Waals surface area contributed by atoms with Gasteiger partial charge in [0.15, 0.2) is 4.34 Å².